The third-order valence-electron chi connectivity index (χ3n) is 3.11. The van der Waals surface area contributed by atoms with Gasteiger partial charge < -0.3 is 9.84 Å². The van der Waals surface area contributed by atoms with E-state index < -0.39 is 11.6 Å². The van der Waals surface area contributed by atoms with E-state index in [1.807, 2.05) is 0 Å². The molecule has 3 nitrogen and oxygen atoms in total. The topological polar surface area (TPSA) is 46.5 Å². The van der Waals surface area contributed by atoms with Crippen LogP contribution in [-0.2, 0) is 9.53 Å². The van der Waals surface area contributed by atoms with Gasteiger partial charge in [-0.15, -0.1) is 0 Å². The molecule has 0 spiro atoms. The summed E-state index contributed by atoms with van der Waals surface area (Å²) in [5, 5.41) is 9.13. The molecule has 1 fully saturated rings. The number of aliphatic carboxylic acids is 1. The number of ether oxygens (including phenoxy) is 1. The van der Waals surface area contributed by atoms with Gasteiger partial charge in [0.2, 0.25) is 0 Å². The average molecular weight is 214 g/mol. The van der Waals surface area contributed by atoms with Gasteiger partial charge in [0.05, 0.1) is 0 Å². The SMILES string of the molecule is CC(C)CCCOC(C)(C(=O)O)C1CC1. The van der Waals surface area contributed by atoms with Gasteiger partial charge in [-0.2, -0.15) is 0 Å². The van der Waals surface area contributed by atoms with E-state index >= 15 is 0 Å². The smallest absolute Gasteiger partial charge is 0.335 e. The Morgan fingerprint density at radius 3 is 2.53 bits per heavy atom. The Morgan fingerprint density at radius 1 is 1.53 bits per heavy atom. The molecule has 0 saturated heterocycles. The third-order valence-corrected chi connectivity index (χ3v) is 3.11. The van der Waals surface area contributed by atoms with Crippen LogP contribution in [0.4, 0.5) is 0 Å². The molecule has 88 valence electrons. The lowest BCUT2D eigenvalue weighted by Gasteiger charge is -2.25. The number of carboxylic acids is 1. The minimum absolute atomic E-state index is 0.231. The quantitative estimate of drug-likeness (QED) is 0.663. The summed E-state index contributed by atoms with van der Waals surface area (Å²) in [6.07, 6.45) is 4.04. The highest BCUT2D eigenvalue weighted by molar-refractivity contribution is 5.77. The van der Waals surface area contributed by atoms with E-state index in [-0.39, 0.29) is 5.92 Å². The normalized spacial score (nSPS) is 20.3. The lowest BCUT2D eigenvalue weighted by molar-refractivity contribution is -0.167. The minimum atomic E-state index is -0.934. The van der Waals surface area contributed by atoms with Gasteiger partial charge in [-0.25, -0.2) is 4.79 Å². The largest absolute Gasteiger partial charge is 0.479 e. The molecule has 1 saturated carbocycles. The standard InChI is InChI=1S/C12H22O3/c1-9(2)5-4-8-15-12(3,11(13)14)10-6-7-10/h9-10H,4-8H2,1-3H3,(H,13,14). The number of rotatable bonds is 7. The summed E-state index contributed by atoms with van der Waals surface area (Å²) in [5.41, 5.74) is -0.934. The van der Waals surface area contributed by atoms with Crippen molar-refractivity contribution in [2.75, 3.05) is 6.61 Å². The molecule has 0 aromatic rings. The van der Waals surface area contributed by atoms with Crippen LogP contribution in [0.5, 0.6) is 0 Å². The molecule has 1 N–H and O–H groups in total. The van der Waals surface area contributed by atoms with Gasteiger partial charge in [0.25, 0.3) is 0 Å². The van der Waals surface area contributed by atoms with E-state index in [4.69, 9.17) is 9.84 Å². The molecule has 1 rings (SSSR count). The van der Waals surface area contributed by atoms with E-state index in [2.05, 4.69) is 13.8 Å². The highest BCUT2D eigenvalue weighted by Crippen LogP contribution is 2.42. The van der Waals surface area contributed by atoms with E-state index in [0.717, 1.165) is 25.7 Å². The molecule has 3 heteroatoms. The Morgan fingerprint density at radius 2 is 2.13 bits per heavy atom. The summed E-state index contributed by atoms with van der Waals surface area (Å²) >= 11 is 0. The van der Waals surface area contributed by atoms with Gasteiger partial charge in [0.15, 0.2) is 5.60 Å². The average Bonchev–Trinajstić information content (AvgIpc) is 2.94. The van der Waals surface area contributed by atoms with Gasteiger partial charge in [0.1, 0.15) is 0 Å². The summed E-state index contributed by atoms with van der Waals surface area (Å²) in [6.45, 7) is 6.61. The van der Waals surface area contributed by atoms with Crippen molar-refractivity contribution in [1.29, 1.82) is 0 Å². The number of carbonyl (C=O) groups is 1. The maximum atomic E-state index is 11.1. The predicted octanol–water partition coefficient (Wildman–Crippen LogP) is 2.69. The van der Waals surface area contributed by atoms with Gasteiger partial charge in [-0.1, -0.05) is 13.8 Å². The van der Waals surface area contributed by atoms with Crippen LogP contribution in [0.3, 0.4) is 0 Å². The molecular formula is C12H22O3. The van der Waals surface area contributed by atoms with Crippen molar-refractivity contribution in [2.24, 2.45) is 11.8 Å². The lowest BCUT2D eigenvalue weighted by atomic mass is 10.0. The summed E-state index contributed by atoms with van der Waals surface area (Å²) in [6, 6.07) is 0. The van der Waals surface area contributed by atoms with Crippen LogP contribution in [0.15, 0.2) is 0 Å². The Hall–Kier alpha value is -0.570. The molecular weight excluding hydrogens is 192 g/mol. The highest BCUT2D eigenvalue weighted by atomic mass is 16.5. The van der Waals surface area contributed by atoms with E-state index in [9.17, 15) is 4.79 Å². The van der Waals surface area contributed by atoms with Crippen molar-refractivity contribution >= 4 is 5.97 Å². The first kappa shape index (κ1) is 12.5. The summed E-state index contributed by atoms with van der Waals surface area (Å²) in [7, 11) is 0. The lowest BCUT2D eigenvalue weighted by Crippen LogP contribution is -2.41. The molecule has 1 aliphatic carbocycles. The van der Waals surface area contributed by atoms with Gasteiger partial charge >= 0.3 is 5.97 Å². The van der Waals surface area contributed by atoms with E-state index in [0.29, 0.717) is 12.5 Å². The number of hydrogen-bond acceptors (Lipinski definition) is 2. The third kappa shape index (κ3) is 3.49. The van der Waals surface area contributed by atoms with Gasteiger partial charge in [-0.05, 0) is 44.4 Å². The zero-order chi connectivity index (χ0) is 11.5. The molecule has 15 heavy (non-hydrogen) atoms. The van der Waals surface area contributed by atoms with E-state index in [1.165, 1.54) is 0 Å². The van der Waals surface area contributed by atoms with Crippen molar-refractivity contribution in [3.8, 4) is 0 Å². The Bertz CT molecular complexity index is 221. The molecule has 1 aliphatic rings. The molecule has 1 atom stereocenters. The van der Waals surface area contributed by atoms with Crippen LogP contribution in [0.25, 0.3) is 0 Å². The van der Waals surface area contributed by atoms with Gasteiger partial charge in [-0.3, -0.25) is 0 Å². The van der Waals surface area contributed by atoms with Crippen molar-refractivity contribution in [2.45, 2.75) is 52.1 Å². The van der Waals surface area contributed by atoms with Crippen molar-refractivity contribution < 1.29 is 14.6 Å². The minimum Gasteiger partial charge on any atom is -0.479 e. The predicted molar refractivity (Wildman–Crippen MR) is 58.8 cm³/mol. The van der Waals surface area contributed by atoms with Crippen molar-refractivity contribution in [3.63, 3.8) is 0 Å². The first-order valence-corrected chi connectivity index (χ1v) is 5.84. The fourth-order valence-electron chi connectivity index (χ4n) is 1.76. The van der Waals surface area contributed by atoms with Crippen LogP contribution in [-0.4, -0.2) is 23.3 Å². The Labute approximate surface area is 91.8 Å². The van der Waals surface area contributed by atoms with Crippen molar-refractivity contribution in [3.05, 3.63) is 0 Å². The molecule has 0 radical (unpaired) electrons. The molecule has 0 aromatic carbocycles. The first-order chi connectivity index (χ1) is 6.97. The number of hydrogen-bond donors (Lipinski definition) is 1. The van der Waals surface area contributed by atoms with Crippen LogP contribution >= 0.6 is 0 Å². The molecule has 1 unspecified atom stereocenters. The number of carboxylic acid groups (broad SMARTS) is 1. The second-order valence-electron chi connectivity index (χ2n) is 5.07. The second-order valence-corrected chi connectivity index (χ2v) is 5.07. The summed E-state index contributed by atoms with van der Waals surface area (Å²) < 4.78 is 5.57. The van der Waals surface area contributed by atoms with Crippen LogP contribution in [0.2, 0.25) is 0 Å². The zero-order valence-electron chi connectivity index (χ0n) is 9.95. The fourth-order valence-corrected chi connectivity index (χ4v) is 1.76. The molecule has 0 bridgehead atoms. The van der Waals surface area contributed by atoms with E-state index in [1.54, 1.807) is 6.92 Å². The van der Waals surface area contributed by atoms with Crippen molar-refractivity contribution in [1.82, 2.24) is 0 Å². The molecule has 0 heterocycles. The fraction of sp³-hybridized carbons (Fsp3) is 0.917. The van der Waals surface area contributed by atoms with Crippen LogP contribution in [0, 0.1) is 11.8 Å². The van der Waals surface area contributed by atoms with Crippen LogP contribution in [0.1, 0.15) is 46.5 Å². The molecule has 0 aliphatic heterocycles. The monoisotopic (exact) mass is 214 g/mol. The second kappa shape index (κ2) is 4.97. The Kier molecular flexibility index (Phi) is 4.14. The summed E-state index contributed by atoms with van der Waals surface area (Å²) in [5.74, 6) is 0.0780. The first-order valence-electron chi connectivity index (χ1n) is 5.84. The highest BCUT2D eigenvalue weighted by Gasteiger charge is 2.48. The zero-order valence-corrected chi connectivity index (χ0v) is 9.95. The van der Waals surface area contributed by atoms with Crippen LogP contribution < -0.4 is 0 Å². The maximum absolute atomic E-state index is 11.1. The molecule has 0 aromatic heterocycles. The maximum Gasteiger partial charge on any atom is 0.335 e. The summed E-state index contributed by atoms with van der Waals surface area (Å²) in [4.78, 5) is 11.1. The molecule has 0 amide bonds. The van der Waals surface area contributed by atoms with Gasteiger partial charge in [0, 0.05) is 6.61 Å². The Balaban J connectivity index is 2.30.